The summed E-state index contributed by atoms with van der Waals surface area (Å²) in [6, 6.07) is 3.98. The van der Waals surface area contributed by atoms with Crippen molar-refractivity contribution in [2.45, 2.75) is 19.4 Å². The topological polar surface area (TPSA) is 64.1 Å². The van der Waals surface area contributed by atoms with Gasteiger partial charge in [-0.25, -0.2) is 0 Å². The minimum atomic E-state index is 0.0614. The maximum absolute atomic E-state index is 5.58. The maximum Gasteiger partial charge on any atom is 0.0935 e. The normalized spacial score (nSPS) is 12.6. The second kappa shape index (κ2) is 4.92. The zero-order valence-corrected chi connectivity index (χ0v) is 9.18. The predicted octanol–water partition coefficient (Wildman–Crippen LogP) is 1.73. The molecule has 0 saturated heterocycles. The Hall–Kier alpha value is -1.65. The minimum Gasteiger partial charge on any atom is -0.472 e. The summed E-state index contributed by atoms with van der Waals surface area (Å²) in [4.78, 5) is 4.12. The largest absolute Gasteiger partial charge is 0.472 e. The minimum absolute atomic E-state index is 0.0614. The van der Waals surface area contributed by atoms with E-state index < -0.39 is 0 Å². The van der Waals surface area contributed by atoms with E-state index >= 15 is 0 Å². The monoisotopic (exact) mass is 217 g/mol. The van der Waals surface area contributed by atoms with Crippen molar-refractivity contribution in [1.82, 2.24) is 10.4 Å². The Kier molecular flexibility index (Phi) is 3.34. The van der Waals surface area contributed by atoms with Gasteiger partial charge in [0, 0.05) is 12.4 Å². The molecule has 0 aliphatic rings. The lowest BCUT2D eigenvalue weighted by atomic mass is 9.99. The van der Waals surface area contributed by atoms with Crippen LogP contribution in [0.15, 0.2) is 41.5 Å². The molecule has 16 heavy (non-hydrogen) atoms. The molecule has 4 heteroatoms. The van der Waals surface area contributed by atoms with Crippen molar-refractivity contribution in [1.29, 1.82) is 0 Å². The van der Waals surface area contributed by atoms with E-state index in [0.29, 0.717) is 0 Å². The lowest BCUT2D eigenvalue weighted by Crippen LogP contribution is -2.30. The van der Waals surface area contributed by atoms with Crippen molar-refractivity contribution in [3.63, 3.8) is 0 Å². The summed E-state index contributed by atoms with van der Waals surface area (Å²) in [5.41, 5.74) is 6.23. The Morgan fingerprint density at radius 1 is 1.50 bits per heavy atom. The molecule has 0 radical (unpaired) electrons. The van der Waals surface area contributed by atoms with Crippen LogP contribution in [-0.2, 0) is 6.42 Å². The number of nitrogens with two attached hydrogens (primary N) is 1. The van der Waals surface area contributed by atoms with Crippen LogP contribution in [0.25, 0.3) is 0 Å². The van der Waals surface area contributed by atoms with Crippen molar-refractivity contribution in [2.75, 3.05) is 0 Å². The molecule has 0 fully saturated rings. The molecule has 0 aliphatic heterocycles. The Balaban J connectivity index is 2.20. The van der Waals surface area contributed by atoms with Gasteiger partial charge in [-0.3, -0.25) is 16.3 Å². The maximum atomic E-state index is 5.58. The third-order valence-electron chi connectivity index (χ3n) is 2.68. The smallest absolute Gasteiger partial charge is 0.0935 e. The van der Waals surface area contributed by atoms with E-state index in [9.17, 15) is 0 Å². The number of nitrogens with zero attached hydrogens (tertiary/aromatic N) is 1. The molecule has 0 saturated carbocycles. The average molecular weight is 217 g/mol. The van der Waals surface area contributed by atoms with Gasteiger partial charge < -0.3 is 4.42 Å². The number of aromatic nitrogens is 1. The van der Waals surface area contributed by atoms with Crippen LogP contribution < -0.4 is 11.3 Å². The molecule has 2 aromatic rings. The van der Waals surface area contributed by atoms with E-state index in [-0.39, 0.29) is 6.04 Å². The molecule has 1 atom stereocenters. The van der Waals surface area contributed by atoms with Crippen LogP contribution >= 0.6 is 0 Å². The van der Waals surface area contributed by atoms with Gasteiger partial charge in [-0.2, -0.15) is 0 Å². The standard InChI is InChI=1S/C12H15N3O/c1-9-2-4-14-7-11(9)12(15-13)6-10-3-5-16-8-10/h2-5,7-8,12,15H,6,13H2,1H3. The first-order valence-electron chi connectivity index (χ1n) is 5.19. The van der Waals surface area contributed by atoms with Crippen molar-refractivity contribution in [2.24, 2.45) is 5.84 Å². The highest BCUT2D eigenvalue weighted by atomic mass is 16.3. The molecule has 4 nitrogen and oxygen atoms in total. The summed E-state index contributed by atoms with van der Waals surface area (Å²) in [5.74, 6) is 5.58. The van der Waals surface area contributed by atoms with Crippen molar-refractivity contribution < 1.29 is 4.42 Å². The fraction of sp³-hybridized carbons (Fsp3) is 0.250. The van der Waals surface area contributed by atoms with E-state index in [1.165, 1.54) is 5.56 Å². The van der Waals surface area contributed by atoms with Gasteiger partial charge in [0.05, 0.1) is 18.6 Å². The number of nitrogens with one attached hydrogen (secondary N) is 1. The molecule has 2 aromatic heterocycles. The van der Waals surface area contributed by atoms with Gasteiger partial charge in [0.25, 0.3) is 0 Å². The van der Waals surface area contributed by atoms with E-state index in [1.54, 1.807) is 18.7 Å². The van der Waals surface area contributed by atoms with Crippen molar-refractivity contribution in [3.8, 4) is 0 Å². The van der Waals surface area contributed by atoms with Gasteiger partial charge >= 0.3 is 0 Å². The highest BCUT2D eigenvalue weighted by Crippen LogP contribution is 2.20. The highest BCUT2D eigenvalue weighted by Gasteiger charge is 2.13. The molecule has 2 heterocycles. The number of rotatable bonds is 4. The predicted molar refractivity (Wildman–Crippen MR) is 61.5 cm³/mol. The molecule has 84 valence electrons. The van der Waals surface area contributed by atoms with E-state index in [1.807, 2.05) is 18.3 Å². The Morgan fingerprint density at radius 3 is 3.00 bits per heavy atom. The van der Waals surface area contributed by atoms with Gasteiger partial charge in [0.15, 0.2) is 0 Å². The second-order valence-electron chi connectivity index (χ2n) is 3.79. The summed E-state index contributed by atoms with van der Waals surface area (Å²) in [6.07, 6.45) is 7.82. The van der Waals surface area contributed by atoms with Gasteiger partial charge in [-0.15, -0.1) is 0 Å². The van der Waals surface area contributed by atoms with Gasteiger partial charge in [0.1, 0.15) is 0 Å². The van der Waals surface area contributed by atoms with Crippen LogP contribution in [0.2, 0.25) is 0 Å². The molecule has 0 spiro atoms. The summed E-state index contributed by atoms with van der Waals surface area (Å²) < 4.78 is 5.04. The second-order valence-corrected chi connectivity index (χ2v) is 3.79. The van der Waals surface area contributed by atoms with E-state index in [2.05, 4.69) is 17.3 Å². The van der Waals surface area contributed by atoms with Gasteiger partial charge in [-0.1, -0.05) is 0 Å². The first-order chi connectivity index (χ1) is 7.81. The zero-order valence-electron chi connectivity index (χ0n) is 9.18. The number of furan rings is 1. The quantitative estimate of drug-likeness (QED) is 0.604. The van der Waals surface area contributed by atoms with Crippen LogP contribution in [0.5, 0.6) is 0 Å². The van der Waals surface area contributed by atoms with Crippen LogP contribution in [0.4, 0.5) is 0 Å². The lowest BCUT2D eigenvalue weighted by molar-refractivity contribution is 0.533. The molecule has 0 amide bonds. The zero-order chi connectivity index (χ0) is 11.4. The third kappa shape index (κ3) is 2.29. The molecule has 0 bridgehead atoms. The van der Waals surface area contributed by atoms with E-state index in [0.717, 1.165) is 17.5 Å². The molecule has 2 rings (SSSR count). The molecular weight excluding hydrogens is 202 g/mol. The van der Waals surface area contributed by atoms with Crippen molar-refractivity contribution >= 4 is 0 Å². The Labute approximate surface area is 94.5 Å². The number of aryl methyl sites for hydroxylation is 1. The fourth-order valence-corrected chi connectivity index (χ4v) is 1.74. The third-order valence-corrected chi connectivity index (χ3v) is 2.68. The number of hydrogen-bond donors (Lipinski definition) is 2. The number of pyridine rings is 1. The lowest BCUT2D eigenvalue weighted by Gasteiger charge is -2.17. The Bertz CT molecular complexity index is 439. The van der Waals surface area contributed by atoms with E-state index in [4.69, 9.17) is 10.3 Å². The molecule has 3 N–H and O–H groups in total. The highest BCUT2D eigenvalue weighted by molar-refractivity contribution is 5.26. The van der Waals surface area contributed by atoms with Crippen LogP contribution in [0.1, 0.15) is 22.7 Å². The average Bonchev–Trinajstić information content (AvgIpc) is 2.80. The van der Waals surface area contributed by atoms with Crippen LogP contribution in [-0.4, -0.2) is 4.98 Å². The molecule has 0 aromatic carbocycles. The molecule has 1 unspecified atom stereocenters. The van der Waals surface area contributed by atoms with Gasteiger partial charge in [0.2, 0.25) is 0 Å². The number of hydrazine groups is 1. The first kappa shape index (κ1) is 10.9. The molecular formula is C12H15N3O. The summed E-state index contributed by atoms with van der Waals surface area (Å²) in [5, 5.41) is 0. The Morgan fingerprint density at radius 2 is 2.38 bits per heavy atom. The summed E-state index contributed by atoms with van der Waals surface area (Å²) in [6.45, 7) is 2.05. The van der Waals surface area contributed by atoms with Crippen molar-refractivity contribution in [3.05, 3.63) is 53.7 Å². The fourth-order valence-electron chi connectivity index (χ4n) is 1.74. The SMILES string of the molecule is Cc1ccncc1C(Cc1ccoc1)NN. The molecule has 0 aliphatic carbocycles. The number of hydrogen-bond acceptors (Lipinski definition) is 4. The first-order valence-corrected chi connectivity index (χ1v) is 5.19. The van der Waals surface area contributed by atoms with Crippen LogP contribution in [0, 0.1) is 6.92 Å². The summed E-state index contributed by atoms with van der Waals surface area (Å²) >= 11 is 0. The van der Waals surface area contributed by atoms with Crippen LogP contribution in [0.3, 0.4) is 0 Å². The summed E-state index contributed by atoms with van der Waals surface area (Å²) in [7, 11) is 0. The van der Waals surface area contributed by atoms with Gasteiger partial charge in [-0.05, 0) is 42.2 Å².